The summed E-state index contributed by atoms with van der Waals surface area (Å²) in [6.45, 7) is 0. The SMILES string of the molecule is O=[N+]([O-])C(=Cc1ccoc1)Cc1ccccc1. The van der Waals surface area contributed by atoms with Crippen molar-refractivity contribution in [1.82, 2.24) is 0 Å². The van der Waals surface area contributed by atoms with E-state index in [9.17, 15) is 10.1 Å². The largest absolute Gasteiger partial charge is 0.472 e. The van der Waals surface area contributed by atoms with E-state index < -0.39 is 0 Å². The minimum atomic E-state index is -0.361. The molecule has 4 nitrogen and oxygen atoms in total. The molecule has 2 rings (SSSR count). The van der Waals surface area contributed by atoms with E-state index in [4.69, 9.17) is 4.42 Å². The number of hydrogen-bond donors (Lipinski definition) is 0. The molecule has 0 aliphatic heterocycles. The van der Waals surface area contributed by atoms with E-state index in [2.05, 4.69) is 0 Å². The summed E-state index contributed by atoms with van der Waals surface area (Å²) >= 11 is 0. The molecule has 0 saturated heterocycles. The molecule has 86 valence electrons. The standard InChI is InChI=1S/C13H11NO3/c15-14(16)13(9-12-6-7-17-10-12)8-11-4-2-1-3-5-11/h1-7,9-10H,8H2. The van der Waals surface area contributed by atoms with Crippen LogP contribution < -0.4 is 0 Å². The fraction of sp³-hybridized carbons (Fsp3) is 0.0769. The third kappa shape index (κ3) is 3.04. The van der Waals surface area contributed by atoms with Crippen molar-refractivity contribution in [3.8, 4) is 0 Å². The molecular weight excluding hydrogens is 218 g/mol. The van der Waals surface area contributed by atoms with Gasteiger partial charge in [-0.3, -0.25) is 10.1 Å². The summed E-state index contributed by atoms with van der Waals surface area (Å²) in [5.74, 6) is 0. The van der Waals surface area contributed by atoms with Gasteiger partial charge in [-0.1, -0.05) is 30.3 Å². The molecule has 1 aromatic carbocycles. The highest BCUT2D eigenvalue weighted by atomic mass is 16.6. The first-order valence-electron chi connectivity index (χ1n) is 5.17. The summed E-state index contributed by atoms with van der Waals surface area (Å²) in [7, 11) is 0. The zero-order valence-electron chi connectivity index (χ0n) is 9.08. The van der Waals surface area contributed by atoms with Crippen LogP contribution in [-0.4, -0.2) is 4.92 Å². The van der Waals surface area contributed by atoms with Crippen molar-refractivity contribution in [2.75, 3.05) is 0 Å². The molecule has 17 heavy (non-hydrogen) atoms. The second-order valence-electron chi connectivity index (χ2n) is 3.61. The van der Waals surface area contributed by atoms with E-state index in [1.807, 2.05) is 30.3 Å². The van der Waals surface area contributed by atoms with Gasteiger partial charge in [0, 0.05) is 11.6 Å². The first-order chi connectivity index (χ1) is 8.25. The molecule has 1 aromatic heterocycles. The molecule has 0 saturated carbocycles. The summed E-state index contributed by atoms with van der Waals surface area (Å²) in [4.78, 5) is 10.6. The number of nitro groups is 1. The molecule has 0 aliphatic carbocycles. The molecule has 1 heterocycles. The maximum Gasteiger partial charge on any atom is 0.251 e. The number of nitrogens with zero attached hydrogens (tertiary/aromatic N) is 1. The summed E-state index contributed by atoms with van der Waals surface area (Å²) in [6, 6.07) is 11.0. The van der Waals surface area contributed by atoms with Gasteiger partial charge in [-0.05, 0) is 11.6 Å². The number of benzene rings is 1. The first-order valence-corrected chi connectivity index (χ1v) is 5.17. The van der Waals surface area contributed by atoms with Crippen LogP contribution in [0.1, 0.15) is 11.1 Å². The highest BCUT2D eigenvalue weighted by Crippen LogP contribution is 2.13. The third-order valence-electron chi connectivity index (χ3n) is 2.34. The second kappa shape index (κ2) is 5.12. The fourth-order valence-corrected chi connectivity index (χ4v) is 1.52. The average molecular weight is 229 g/mol. The minimum absolute atomic E-state index is 0.151. The average Bonchev–Trinajstić information content (AvgIpc) is 2.82. The Balaban J connectivity index is 2.22. The van der Waals surface area contributed by atoms with Gasteiger partial charge in [0.1, 0.15) is 0 Å². The van der Waals surface area contributed by atoms with Gasteiger partial charge in [-0.2, -0.15) is 0 Å². The first kappa shape index (κ1) is 11.1. The van der Waals surface area contributed by atoms with Crippen molar-refractivity contribution in [2.45, 2.75) is 6.42 Å². The van der Waals surface area contributed by atoms with Crippen molar-refractivity contribution in [1.29, 1.82) is 0 Å². The normalized spacial score (nSPS) is 11.4. The van der Waals surface area contributed by atoms with E-state index in [0.717, 1.165) is 5.56 Å². The molecule has 0 bridgehead atoms. The summed E-state index contributed by atoms with van der Waals surface area (Å²) in [6.07, 6.45) is 4.80. The second-order valence-corrected chi connectivity index (χ2v) is 3.61. The highest BCUT2D eigenvalue weighted by molar-refractivity contribution is 5.50. The predicted octanol–water partition coefficient (Wildman–Crippen LogP) is 3.14. The highest BCUT2D eigenvalue weighted by Gasteiger charge is 2.11. The molecular formula is C13H11NO3. The van der Waals surface area contributed by atoms with Crippen LogP contribution in [0, 0.1) is 10.1 Å². The number of rotatable bonds is 4. The van der Waals surface area contributed by atoms with Gasteiger partial charge in [0.25, 0.3) is 5.70 Å². The zero-order valence-corrected chi connectivity index (χ0v) is 9.08. The van der Waals surface area contributed by atoms with Crippen LogP contribution in [-0.2, 0) is 6.42 Å². The Bertz CT molecular complexity index is 515. The van der Waals surface area contributed by atoms with Gasteiger partial charge in [-0.25, -0.2) is 0 Å². The third-order valence-corrected chi connectivity index (χ3v) is 2.34. The molecule has 0 aliphatic rings. The van der Waals surface area contributed by atoms with E-state index in [1.165, 1.54) is 18.6 Å². The molecule has 0 fully saturated rings. The van der Waals surface area contributed by atoms with Crippen molar-refractivity contribution < 1.29 is 9.34 Å². The van der Waals surface area contributed by atoms with Gasteiger partial charge in [0.15, 0.2) is 0 Å². The summed E-state index contributed by atoms with van der Waals surface area (Å²) in [5, 5.41) is 10.9. The maximum absolute atomic E-state index is 10.9. The quantitative estimate of drug-likeness (QED) is 0.597. The van der Waals surface area contributed by atoms with Crippen molar-refractivity contribution >= 4 is 6.08 Å². The number of hydrogen-bond acceptors (Lipinski definition) is 3. The smallest absolute Gasteiger partial charge is 0.251 e. The van der Waals surface area contributed by atoms with Crippen molar-refractivity contribution in [2.24, 2.45) is 0 Å². The number of allylic oxidation sites excluding steroid dienone is 1. The van der Waals surface area contributed by atoms with Crippen molar-refractivity contribution in [3.05, 3.63) is 75.9 Å². The van der Waals surface area contributed by atoms with Crippen LogP contribution in [0.5, 0.6) is 0 Å². The van der Waals surface area contributed by atoms with Crippen LogP contribution in [0.25, 0.3) is 6.08 Å². The summed E-state index contributed by atoms with van der Waals surface area (Å²) < 4.78 is 4.88. The van der Waals surface area contributed by atoms with Gasteiger partial charge >= 0.3 is 0 Å². The molecule has 0 spiro atoms. The topological polar surface area (TPSA) is 56.3 Å². The number of furan rings is 1. The lowest BCUT2D eigenvalue weighted by molar-refractivity contribution is -0.425. The molecule has 0 unspecified atom stereocenters. The van der Waals surface area contributed by atoms with E-state index in [0.29, 0.717) is 12.0 Å². The zero-order chi connectivity index (χ0) is 12.1. The van der Waals surface area contributed by atoms with E-state index in [-0.39, 0.29) is 10.6 Å². The molecule has 0 atom stereocenters. The van der Waals surface area contributed by atoms with Gasteiger partial charge in [-0.15, -0.1) is 0 Å². The predicted molar refractivity (Wildman–Crippen MR) is 63.8 cm³/mol. The fourth-order valence-electron chi connectivity index (χ4n) is 1.52. The van der Waals surface area contributed by atoms with Crippen LogP contribution in [0.2, 0.25) is 0 Å². The molecule has 0 amide bonds. The van der Waals surface area contributed by atoms with Crippen LogP contribution in [0.3, 0.4) is 0 Å². The van der Waals surface area contributed by atoms with Crippen LogP contribution >= 0.6 is 0 Å². The van der Waals surface area contributed by atoms with Crippen molar-refractivity contribution in [3.63, 3.8) is 0 Å². The molecule has 4 heteroatoms. The summed E-state index contributed by atoms with van der Waals surface area (Å²) in [5.41, 5.74) is 1.77. The van der Waals surface area contributed by atoms with Crippen LogP contribution in [0.15, 0.2) is 59.0 Å². The monoisotopic (exact) mass is 229 g/mol. The van der Waals surface area contributed by atoms with Gasteiger partial charge in [0.2, 0.25) is 0 Å². The van der Waals surface area contributed by atoms with Gasteiger partial charge in [0.05, 0.1) is 23.9 Å². The molecule has 2 aromatic rings. The Labute approximate surface area is 98.3 Å². The molecule has 0 N–H and O–H groups in total. The van der Waals surface area contributed by atoms with Crippen LogP contribution in [0.4, 0.5) is 0 Å². The Morgan fingerprint density at radius 2 is 2.06 bits per heavy atom. The minimum Gasteiger partial charge on any atom is -0.472 e. The van der Waals surface area contributed by atoms with E-state index >= 15 is 0 Å². The molecule has 0 radical (unpaired) electrons. The lowest BCUT2D eigenvalue weighted by Gasteiger charge is -1.98. The van der Waals surface area contributed by atoms with E-state index in [1.54, 1.807) is 6.07 Å². The Hall–Kier alpha value is -2.36. The Morgan fingerprint density at radius 1 is 1.29 bits per heavy atom. The lowest BCUT2D eigenvalue weighted by atomic mass is 10.1. The Morgan fingerprint density at radius 3 is 2.65 bits per heavy atom. The maximum atomic E-state index is 10.9. The Kier molecular flexibility index (Phi) is 3.35. The lowest BCUT2D eigenvalue weighted by Crippen LogP contribution is -2.02. The van der Waals surface area contributed by atoms with Gasteiger partial charge < -0.3 is 4.42 Å².